The summed E-state index contributed by atoms with van der Waals surface area (Å²) < 4.78 is 27.3. The van der Waals surface area contributed by atoms with Crippen LogP contribution in [0.5, 0.6) is 0 Å². The number of rotatable bonds is 1. The molecular formula is C9H5BrF2N2. The highest BCUT2D eigenvalue weighted by molar-refractivity contribution is 9.10. The number of hydrogen-bond donors (Lipinski definition) is 0. The van der Waals surface area contributed by atoms with Crippen LogP contribution in [0, 0.1) is 11.9 Å². The van der Waals surface area contributed by atoms with Crippen molar-refractivity contribution in [1.82, 2.24) is 9.55 Å². The Hall–Kier alpha value is -1.23. The van der Waals surface area contributed by atoms with Crippen molar-refractivity contribution >= 4 is 15.9 Å². The Morgan fingerprint density at radius 2 is 1.79 bits per heavy atom. The summed E-state index contributed by atoms with van der Waals surface area (Å²) in [6.07, 6.45) is 0.839. The highest BCUT2D eigenvalue weighted by Gasteiger charge is 2.06. The van der Waals surface area contributed by atoms with Crippen molar-refractivity contribution in [2.45, 2.75) is 0 Å². The van der Waals surface area contributed by atoms with E-state index in [1.807, 2.05) is 0 Å². The van der Waals surface area contributed by atoms with Gasteiger partial charge in [-0.1, -0.05) is 0 Å². The minimum Gasteiger partial charge on any atom is -0.275 e. The second kappa shape index (κ2) is 3.49. The summed E-state index contributed by atoms with van der Waals surface area (Å²) in [6.45, 7) is 0. The molecule has 0 aliphatic rings. The van der Waals surface area contributed by atoms with Gasteiger partial charge < -0.3 is 0 Å². The van der Waals surface area contributed by atoms with Gasteiger partial charge in [0.15, 0.2) is 0 Å². The Kier molecular flexibility index (Phi) is 2.33. The predicted octanol–water partition coefficient (Wildman–Crippen LogP) is 2.91. The molecule has 0 radical (unpaired) electrons. The zero-order valence-electron chi connectivity index (χ0n) is 6.92. The van der Waals surface area contributed by atoms with E-state index in [1.54, 1.807) is 0 Å². The lowest BCUT2D eigenvalue weighted by molar-refractivity contribution is 0.522. The topological polar surface area (TPSA) is 17.8 Å². The molecule has 0 aliphatic heterocycles. The first-order chi connectivity index (χ1) is 6.66. The number of nitrogens with zero attached hydrogens (tertiary/aromatic N) is 2. The Bertz CT molecular complexity index is 450. The molecule has 0 atom stereocenters. The average molecular weight is 259 g/mol. The number of halogens is 3. The van der Waals surface area contributed by atoms with Crippen LogP contribution < -0.4 is 0 Å². The second-order valence-electron chi connectivity index (χ2n) is 2.68. The van der Waals surface area contributed by atoms with Gasteiger partial charge in [-0.05, 0) is 40.2 Å². The van der Waals surface area contributed by atoms with E-state index in [9.17, 15) is 8.78 Å². The van der Waals surface area contributed by atoms with Gasteiger partial charge in [-0.3, -0.25) is 4.57 Å². The molecule has 0 aliphatic carbocycles. The van der Waals surface area contributed by atoms with E-state index in [1.165, 1.54) is 35.0 Å². The summed E-state index contributed by atoms with van der Waals surface area (Å²) in [4.78, 5) is 3.53. The molecule has 2 rings (SSSR count). The van der Waals surface area contributed by atoms with Crippen molar-refractivity contribution in [1.29, 1.82) is 0 Å². The van der Waals surface area contributed by atoms with Gasteiger partial charge >= 0.3 is 0 Å². The number of hydrogen-bond acceptors (Lipinski definition) is 1. The van der Waals surface area contributed by atoms with Crippen molar-refractivity contribution in [3.8, 4) is 5.69 Å². The van der Waals surface area contributed by atoms with Crippen LogP contribution in [0.25, 0.3) is 5.69 Å². The molecule has 2 aromatic rings. The fourth-order valence-corrected chi connectivity index (χ4v) is 1.46. The van der Waals surface area contributed by atoms with E-state index in [4.69, 9.17) is 0 Å². The van der Waals surface area contributed by atoms with Crippen LogP contribution in [0.15, 0.2) is 35.1 Å². The number of benzene rings is 1. The summed E-state index contributed by atoms with van der Waals surface area (Å²) in [5.41, 5.74) is 0.530. The van der Waals surface area contributed by atoms with Gasteiger partial charge in [0, 0.05) is 11.9 Å². The van der Waals surface area contributed by atoms with E-state index in [0.717, 1.165) is 0 Å². The van der Waals surface area contributed by atoms with Crippen LogP contribution >= 0.6 is 15.9 Å². The number of aromatic nitrogens is 2. The summed E-state index contributed by atoms with van der Waals surface area (Å²) in [5, 5.41) is 0. The lowest BCUT2D eigenvalue weighted by Gasteiger charge is -2.01. The lowest BCUT2D eigenvalue weighted by Crippen LogP contribution is -1.95. The maximum absolute atomic E-state index is 13.1. The molecule has 0 spiro atoms. The number of imidazole rings is 1. The monoisotopic (exact) mass is 258 g/mol. The Balaban J connectivity index is 2.49. The van der Waals surface area contributed by atoms with Crippen LogP contribution in [-0.2, 0) is 0 Å². The van der Waals surface area contributed by atoms with E-state index in [0.29, 0.717) is 10.3 Å². The standard InChI is InChI=1S/C9H5BrF2N2/c10-8-5-14(9(12)13-8)7-3-1-6(11)2-4-7/h1-5H. The Morgan fingerprint density at radius 1 is 1.14 bits per heavy atom. The van der Waals surface area contributed by atoms with Gasteiger partial charge in [0.2, 0.25) is 0 Å². The summed E-state index contributed by atoms with van der Waals surface area (Å²) in [5.74, 6) is -0.353. The van der Waals surface area contributed by atoms with Crippen LogP contribution in [0.4, 0.5) is 8.78 Å². The maximum atomic E-state index is 13.1. The summed E-state index contributed by atoms with van der Waals surface area (Å²) in [6, 6.07) is 5.49. The van der Waals surface area contributed by atoms with Crippen LogP contribution in [0.1, 0.15) is 0 Å². The van der Waals surface area contributed by atoms with Crippen LogP contribution in [0.3, 0.4) is 0 Å². The van der Waals surface area contributed by atoms with Gasteiger partial charge in [0.05, 0.1) is 0 Å². The van der Waals surface area contributed by atoms with E-state index in [2.05, 4.69) is 20.9 Å². The summed E-state index contributed by atoms with van der Waals surface area (Å²) >= 11 is 3.05. The molecule has 0 unspecified atom stereocenters. The van der Waals surface area contributed by atoms with Crippen molar-refractivity contribution in [2.24, 2.45) is 0 Å². The first-order valence-corrected chi connectivity index (χ1v) is 4.62. The third kappa shape index (κ3) is 1.68. The van der Waals surface area contributed by atoms with Gasteiger partial charge in [0.25, 0.3) is 6.08 Å². The average Bonchev–Trinajstić information content (AvgIpc) is 2.47. The molecule has 1 aromatic carbocycles. The zero-order chi connectivity index (χ0) is 10.1. The fraction of sp³-hybridized carbons (Fsp3) is 0. The molecule has 1 heterocycles. The summed E-state index contributed by atoms with van der Waals surface area (Å²) in [7, 11) is 0. The molecular weight excluding hydrogens is 254 g/mol. The van der Waals surface area contributed by atoms with Gasteiger partial charge in [0.1, 0.15) is 10.4 Å². The molecule has 5 heteroatoms. The second-order valence-corrected chi connectivity index (χ2v) is 3.49. The molecule has 72 valence electrons. The Morgan fingerprint density at radius 3 is 2.29 bits per heavy atom. The third-order valence-corrected chi connectivity index (χ3v) is 2.12. The predicted molar refractivity (Wildman–Crippen MR) is 51.2 cm³/mol. The molecule has 0 bridgehead atoms. The molecule has 0 amide bonds. The molecule has 0 N–H and O–H groups in total. The van der Waals surface area contributed by atoms with Gasteiger partial charge in [-0.15, -0.1) is 0 Å². The van der Waals surface area contributed by atoms with Crippen molar-refractivity contribution in [3.05, 3.63) is 47.0 Å². The SMILES string of the molecule is Fc1ccc(-n2cc(Br)nc2F)cc1. The molecule has 0 saturated carbocycles. The quantitative estimate of drug-likeness (QED) is 0.769. The maximum Gasteiger partial charge on any atom is 0.294 e. The highest BCUT2D eigenvalue weighted by Crippen LogP contribution is 2.15. The largest absolute Gasteiger partial charge is 0.294 e. The lowest BCUT2D eigenvalue weighted by atomic mass is 10.3. The molecule has 2 nitrogen and oxygen atoms in total. The van der Waals surface area contributed by atoms with Crippen LogP contribution in [-0.4, -0.2) is 9.55 Å². The molecule has 14 heavy (non-hydrogen) atoms. The minimum absolute atomic E-state index is 0.353. The zero-order valence-corrected chi connectivity index (χ0v) is 8.50. The van der Waals surface area contributed by atoms with Crippen LogP contribution in [0.2, 0.25) is 0 Å². The molecule has 0 fully saturated rings. The first kappa shape index (κ1) is 9.33. The van der Waals surface area contributed by atoms with E-state index < -0.39 is 6.08 Å². The van der Waals surface area contributed by atoms with Gasteiger partial charge in [-0.2, -0.15) is 9.37 Å². The van der Waals surface area contributed by atoms with Crippen molar-refractivity contribution < 1.29 is 8.78 Å². The van der Waals surface area contributed by atoms with E-state index >= 15 is 0 Å². The van der Waals surface area contributed by atoms with Gasteiger partial charge in [-0.25, -0.2) is 4.39 Å². The Labute approximate surface area is 87.3 Å². The smallest absolute Gasteiger partial charge is 0.275 e. The minimum atomic E-state index is -0.636. The third-order valence-electron chi connectivity index (χ3n) is 1.74. The molecule has 1 aromatic heterocycles. The van der Waals surface area contributed by atoms with Crippen molar-refractivity contribution in [2.75, 3.05) is 0 Å². The first-order valence-electron chi connectivity index (χ1n) is 3.83. The highest BCUT2D eigenvalue weighted by atomic mass is 79.9. The van der Waals surface area contributed by atoms with E-state index in [-0.39, 0.29) is 5.82 Å². The molecule has 0 saturated heterocycles. The fourth-order valence-electron chi connectivity index (χ4n) is 1.11. The van der Waals surface area contributed by atoms with Crippen molar-refractivity contribution in [3.63, 3.8) is 0 Å². The normalized spacial score (nSPS) is 10.5.